The molecule has 0 atom stereocenters. The van der Waals surface area contributed by atoms with Gasteiger partial charge in [0.1, 0.15) is 0 Å². The molecule has 3 nitrogen and oxygen atoms in total. The maximum Gasteiger partial charge on any atom is 0.310 e. The molecule has 0 amide bonds. The number of hydrogen-bond acceptors (Lipinski definition) is 3. The minimum atomic E-state index is -0.770. The summed E-state index contributed by atoms with van der Waals surface area (Å²) in [6.45, 7) is 3.99. The van der Waals surface area contributed by atoms with E-state index in [2.05, 4.69) is 17.5 Å². The molecule has 1 N–H and O–H groups in total. The third-order valence-electron chi connectivity index (χ3n) is 3.08. The largest absolute Gasteiger partial charge is 0.481 e. The third kappa shape index (κ3) is 2.34. The van der Waals surface area contributed by atoms with Gasteiger partial charge in [-0.2, -0.15) is 0 Å². The molecule has 96 valence electrons. The van der Waals surface area contributed by atoms with Crippen LogP contribution in [0.5, 0.6) is 0 Å². The SMILES string of the molecule is CN(CC(C)(C)C(=O)O)c1csc2ccccc12. The summed E-state index contributed by atoms with van der Waals surface area (Å²) in [4.78, 5) is 13.2. The van der Waals surface area contributed by atoms with Crippen LogP contribution in [0.1, 0.15) is 13.8 Å². The predicted molar refractivity (Wildman–Crippen MR) is 76.5 cm³/mol. The lowest BCUT2D eigenvalue weighted by molar-refractivity contribution is -0.146. The number of aliphatic carboxylic acids is 1. The summed E-state index contributed by atoms with van der Waals surface area (Å²) in [6.07, 6.45) is 0. The number of nitrogens with zero attached hydrogens (tertiary/aromatic N) is 1. The summed E-state index contributed by atoms with van der Waals surface area (Å²) < 4.78 is 1.23. The average Bonchev–Trinajstić information content (AvgIpc) is 2.71. The van der Waals surface area contributed by atoms with E-state index in [1.165, 1.54) is 10.1 Å². The normalized spacial score (nSPS) is 11.7. The molecular weight excluding hydrogens is 246 g/mol. The summed E-state index contributed by atoms with van der Waals surface area (Å²) >= 11 is 1.69. The summed E-state index contributed by atoms with van der Waals surface area (Å²) in [5.74, 6) is -0.770. The first-order valence-electron chi connectivity index (χ1n) is 5.82. The van der Waals surface area contributed by atoms with Crippen LogP contribution >= 0.6 is 11.3 Å². The van der Waals surface area contributed by atoms with Crippen molar-refractivity contribution in [1.82, 2.24) is 0 Å². The number of carboxylic acid groups (broad SMARTS) is 1. The van der Waals surface area contributed by atoms with E-state index in [-0.39, 0.29) is 0 Å². The number of carboxylic acids is 1. The molecule has 0 saturated carbocycles. The van der Waals surface area contributed by atoms with Gasteiger partial charge < -0.3 is 10.0 Å². The highest BCUT2D eigenvalue weighted by molar-refractivity contribution is 7.17. The minimum absolute atomic E-state index is 0.489. The second-order valence-corrected chi connectivity index (χ2v) is 6.07. The number of benzene rings is 1. The number of fused-ring (bicyclic) bond motifs is 1. The van der Waals surface area contributed by atoms with E-state index in [0.717, 1.165) is 5.69 Å². The second-order valence-electron chi connectivity index (χ2n) is 5.16. The fourth-order valence-electron chi connectivity index (χ4n) is 2.01. The van der Waals surface area contributed by atoms with Gasteiger partial charge in [0.2, 0.25) is 0 Å². The van der Waals surface area contributed by atoms with Crippen LogP contribution in [0.2, 0.25) is 0 Å². The molecule has 0 saturated heterocycles. The molecule has 18 heavy (non-hydrogen) atoms. The van der Waals surface area contributed by atoms with Gasteiger partial charge in [0.25, 0.3) is 0 Å². The van der Waals surface area contributed by atoms with Crippen molar-refractivity contribution in [2.45, 2.75) is 13.8 Å². The second kappa shape index (κ2) is 4.61. The molecule has 0 aliphatic rings. The molecule has 0 spiro atoms. The third-order valence-corrected chi connectivity index (χ3v) is 4.03. The van der Waals surface area contributed by atoms with E-state index in [0.29, 0.717) is 6.54 Å². The highest BCUT2D eigenvalue weighted by Crippen LogP contribution is 2.33. The van der Waals surface area contributed by atoms with Crippen molar-refractivity contribution in [3.05, 3.63) is 29.6 Å². The Balaban J connectivity index is 2.29. The lowest BCUT2D eigenvalue weighted by Gasteiger charge is -2.27. The van der Waals surface area contributed by atoms with Crippen LogP contribution in [0.3, 0.4) is 0 Å². The lowest BCUT2D eigenvalue weighted by Crippen LogP contribution is -2.37. The summed E-state index contributed by atoms with van der Waals surface area (Å²) in [6, 6.07) is 8.18. The first kappa shape index (κ1) is 12.9. The van der Waals surface area contributed by atoms with Gasteiger partial charge in [0.15, 0.2) is 0 Å². The van der Waals surface area contributed by atoms with Gasteiger partial charge in [-0.3, -0.25) is 4.79 Å². The van der Waals surface area contributed by atoms with Crippen LogP contribution in [0.25, 0.3) is 10.1 Å². The van der Waals surface area contributed by atoms with Gasteiger partial charge in [0, 0.05) is 29.1 Å². The molecule has 0 bridgehead atoms. The summed E-state index contributed by atoms with van der Waals surface area (Å²) in [5.41, 5.74) is 0.350. The average molecular weight is 263 g/mol. The molecule has 0 radical (unpaired) electrons. The van der Waals surface area contributed by atoms with E-state index in [4.69, 9.17) is 0 Å². The van der Waals surface area contributed by atoms with Crippen LogP contribution < -0.4 is 4.90 Å². The molecule has 0 fully saturated rings. The predicted octanol–water partition coefficient (Wildman–Crippen LogP) is 3.45. The topological polar surface area (TPSA) is 40.5 Å². The van der Waals surface area contributed by atoms with Crippen molar-refractivity contribution >= 4 is 33.1 Å². The van der Waals surface area contributed by atoms with Crippen molar-refractivity contribution in [2.75, 3.05) is 18.5 Å². The first-order chi connectivity index (χ1) is 8.42. The smallest absolute Gasteiger partial charge is 0.310 e. The van der Waals surface area contributed by atoms with E-state index >= 15 is 0 Å². The summed E-state index contributed by atoms with van der Waals surface area (Å²) in [5, 5.41) is 12.4. The Morgan fingerprint density at radius 1 is 1.39 bits per heavy atom. The van der Waals surface area contributed by atoms with Gasteiger partial charge in [-0.25, -0.2) is 0 Å². The van der Waals surface area contributed by atoms with Crippen molar-refractivity contribution in [3.63, 3.8) is 0 Å². The molecule has 1 aromatic heterocycles. The van der Waals surface area contributed by atoms with Crippen molar-refractivity contribution in [3.8, 4) is 0 Å². The van der Waals surface area contributed by atoms with E-state index < -0.39 is 11.4 Å². The quantitative estimate of drug-likeness (QED) is 0.918. The Labute approximate surface area is 111 Å². The Bertz CT molecular complexity index is 574. The number of anilines is 1. The molecule has 0 aliphatic carbocycles. The molecule has 1 heterocycles. The highest BCUT2D eigenvalue weighted by atomic mass is 32.1. The zero-order chi connectivity index (χ0) is 13.3. The van der Waals surface area contributed by atoms with Crippen molar-refractivity contribution < 1.29 is 9.90 Å². The number of carbonyl (C=O) groups is 1. The first-order valence-corrected chi connectivity index (χ1v) is 6.70. The van der Waals surface area contributed by atoms with E-state index in [9.17, 15) is 9.90 Å². The lowest BCUT2D eigenvalue weighted by atomic mass is 9.93. The summed E-state index contributed by atoms with van der Waals surface area (Å²) in [7, 11) is 1.94. The highest BCUT2D eigenvalue weighted by Gasteiger charge is 2.29. The van der Waals surface area contributed by atoms with Gasteiger partial charge in [-0.1, -0.05) is 18.2 Å². The monoisotopic (exact) mass is 263 g/mol. The van der Waals surface area contributed by atoms with Crippen molar-refractivity contribution in [2.24, 2.45) is 5.41 Å². The van der Waals surface area contributed by atoms with Crippen LogP contribution in [0, 0.1) is 5.41 Å². The molecule has 2 aromatic rings. The fourth-order valence-corrected chi connectivity index (χ4v) is 3.01. The van der Waals surface area contributed by atoms with Gasteiger partial charge in [-0.15, -0.1) is 11.3 Å². The maximum atomic E-state index is 11.2. The fraction of sp³-hybridized carbons (Fsp3) is 0.357. The van der Waals surface area contributed by atoms with Crippen LogP contribution in [0.4, 0.5) is 5.69 Å². The van der Waals surface area contributed by atoms with Crippen LogP contribution in [-0.2, 0) is 4.79 Å². The van der Waals surface area contributed by atoms with Gasteiger partial charge >= 0.3 is 5.97 Å². The number of thiophene rings is 1. The molecule has 0 aliphatic heterocycles. The molecule has 4 heteroatoms. The van der Waals surface area contributed by atoms with Gasteiger partial charge in [0.05, 0.1) is 11.1 Å². The Hall–Kier alpha value is -1.55. The Kier molecular flexibility index (Phi) is 3.30. The zero-order valence-corrected chi connectivity index (χ0v) is 11.6. The van der Waals surface area contributed by atoms with Crippen LogP contribution in [-0.4, -0.2) is 24.7 Å². The Morgan fingerprint density at radius 3 is 2.72 bits per heavy atom. The van der Waals surface area contributed by atoms with Gasteiger partial charge in [-0.05, 0) is 19.9 Å². The Morgan fingerprint density at radius 2 is 2.06 bits per heavy atom. The standard InChI is InChI=1S/C14H17NO2S/c1-14(2,13(16)17)9-15(3)11-8-18-12-7-5-4-6-10(11)12/h4-8H,9H2,1-3H3,(H,16,17). The van der Waals surface area contributed by atoms with E-state index in [1.807, 2.05) is 24.1 Å². The number of hydrogen-bond donors (Lipinski definition) is 1. The molecule has 0 unspecified atom stereocenters. The van der Waals surface area contributed by atoms with E-state index in [1.54, 1.807) is 25.2 Å². The molecular formula is C14H17NO2S. The molecule has 2 rings (SSSR count). The zero-order valence-electron chi connectivity index (χ0n) is 10.8. The van der Waals surface area contributed by atoms with Crippen molar-refractivity contribution in [1.29, 1.82) is 0 Å². The van der Waals surface area contributed by atoms with Crippen LogP contribution in [0.15, 0.2) is 29.6 Å². The number of rotatable bonds is 4. The molecule has 1 aromatic carbocycles. The minimum Gasteiger partial charge on any atom is -0.481 e. The maximum absolute atomic E-state index is 11.2.